The molecule has 2 nitrogen and oxygen atoms in total. The van der Waals surface area contributed by atoms with Gasteiger partial charge in [-0.15, -0.1) is 0 Å². The third-order valence-corrected chi connectivity index (χ3v) is 0.987. The molecular formula is C5H10NO. The number of hydrogen-bond acceptors (Lipinski definition) is 2. The fourth-order valence-corrected chi connectivity index (χ4v) is 0.606. The first-order chi connectivity index (χ1) is 3.39. The van der Waals surface area contributed by atoms with E-state index in [4.69, 9.17) is 4.74 Å². The van der Waals surface area contributed by atoms with E-state index in [1.54, 1.807) is 0 Å². The van der Waals surface area contributed by atoms with Crippen LogP contribution < -0.4 is 5.32 Å². The average Bonchev–Trinajstić information content (AvgIpc) is 1.69. The fraction of sp³-hybridized carbons (Fsp3) is 0.800. The zero-order chi connectivity index (χ0) is 5.11. The highest BCUT2D eigenvalue weighted by Gasteiger charge is 2.05. The summed E-state index contributed by atoms with van der Waals surface area (Å²) in [6, 6.07) is 0.439. The molecule has 2 heteroatoms. The van der Waals surface area contributed by atoms with E-state index in [9.17, 15) is 0 Å². The average molecular weight is 100 g/mol. The van der Waals surface area contributed by atoms with Crippen LogP contribution in [0, 0.1) is 6.61 Å². The van der Waals surface area contributed by atoms with Crippen molar-refractivity contribution >= 4 is 0 Å². The lowest BCUT2D eigenvalue weighted by atomic mass is 10.3. The molecule has 1 radical (unpaired) electrons. The Morgan fingerprint density at radius 1 is 1.86 bits per heavy atom. The Morgan fingerprint density at radius 2 is 2.71 bits per heavy atom. The van der Waals surface area contributed by atoms with E-state index in [1.165, 1.54) is 0 Å². The van der Waals surface area contributed by atoms with Crippen LogP contribution in [0.5, 0.6) is 0 Å². The Bertz CT molecular complexity index is 50.0. The fourth-order valence-electron chi connectivity index (χ4n) is 0.606. The molecule has 7 heavy (non-hydrogen) atoms. The second kappa shape index (κ2) is 2.28. The van der Waals surface area contributed by atoms with Crippen LogP contribution in [0.1, 0.15) is 6.92 Å². The summed E-state index contributed by atoms with van der Waals surface area (Å²) in [5, 5.41) is 3.20. The van der Waals surface area contributed by atoms with Crippen molar-refractivity contribution in [3.63, 3.8) is 0 Å². The summed E-state index contributed by atoms with van der Waals surface area (Å²) in [7, 11) is 0. The SMILES string of the molecule is CC1[CH]OCCN1. The molecular weight excluding hydrogens is 90.1 g/mol. The van der Waals surface area contributed by atoms with Crippen LogP contribution in [0.3, 0.4) is 0 Å². The molecule has 0 aromatic rings. The predicted octanol–water partition coefficient (Wildman–Crippen LogP) is 0.156. The molecule has 0 aliphatic carbocycles. The molecule has 1 atom stereocenters. The standard InChI is InChI=1S/C5H10NO/c1-5-4-7-3-2-6-5/h4-6H,2-3H2,1H3. The zero-order valence-corrected chi connectivity index (χ0v) is 4.48. The lowest BCUT2D eigenvalue weighted by Crippen LogP contribution is -2.35. The van der Waals surface area contributed by atoms with Crippen LogP contribution >= 0.6 is 0 Å². The number of hydrogen-bond donors (Lipinski definition) is 1. The van der Waals surface area contributed by atoms with Crippen molar-refractivity contribution in [3.8, 4) is 0 Å². The van der Waals surface area contributed by atoms with E-state index in [-0.39, 0.29) is 0 Å². The molecule has 0 spiro atoms. The minimum absolute atomic E-state index is 0.439. The van der Waals surface area contributed by atoms with Crippen molar-refractivity contribution in [2.45, 2.75) is 13.0 Å². The maximum Gasteiger partial charge on any atom is 0.100 e. The van der Waals surface area contributed by atoms with Crippen LogP contribution in [0.2, 0.25) is 0 Å². The first-order valence-electron chi connectivity index (χ1n) is 2.58. The monoisotopic (exact) mass is 100 g/mol. The van der Waals surface area contributed by atoms with Crippen LogP contribution in [0.4, 0.5) is 0 Å². The number of rotatable bonds is 0. The van der Waals surface area contributed by atoms with Gasteiger partial charge in [0.25, 0.3) is 0 Å². The van der Waals surface area contributed by atoms with Gasteiger partial charge >= 0.3 is 0 Å². The van der Waals surface area contributed by atoms with Gasteiger partial charge in [-0.3, -0.25) is 0 Å². The minimum Gasteiger partial charge on any atom is -0.373 e. The second-order valence-electron chi connectivity index (χ2n) is 1.75. The van der Waals surface area contributed by atoms with E-state index < -0.39 is 0 Å². The number of nitrogens with one attached hydrogen (secondary N) is 1. The summed E-state index contributed by atoms with van der Waals surface area (Å²) in [5.74, 6) is 0. The maximum atomic E-state index is 4.99. The Kier molecular flexibility index (Phi) is 1.65. The summed E-state index contributed by atoms with van der Waals surface area (Å²) in [6.45, 7) is 5.70. The topological polar surface area (TPSA) is 21.3 Å². The molecule has 1 aliphatic rings. The zero-order valence-electron chi connectivity index (χ0n) is 4.48. The van der Waals surface area contributed by atoms with Gasteiger partial charge in [0.2, 0.25) is 0 Å². The van der Waals surface area contributed by atoms with Crippen molar-refractivity contribution in [1.29, 1.82) is 0 Å². The molecule has 1 rings (SSSR count). The molecule has 1 unspecified atom stereocenters. The van der Waals surface area contributed by atoms with Crippen molar-refractivity contribution in [2.24, 2.45) is 0 Å². The van der Waals surface area contributed by atoms with Gasteiger partial charge < -0.3 is 10.1 Å². The molecule has 0 bridgehead atoms. The Labute approximate surface area is 43.9 Å². The molecule has 41 valence electrons. The predicted molar refractivity (Wildman–Crippen MR) is 27.7 cm³/mol. The van der Waals surface area contributed by atoms with Gasteiger partial charge in [-0.05, 0) is 6.92 Å². The summed E-state index contributed by atoms with van der Waals surface area (Å²) >= 11 is 0. The molecule has 0 aromatic heterocycles. The summed E-state index contributed by atoms with van der Waals surface area (Å²) in [4.78, 5) is 0. The Morgan fingerprint density at radius 3 is 3.00 bits per heavy atom. The maximum absolute atomic E-state index is 4.99. The summed E-state index contributed by atoms with van der Waals surface area (Å²) in [6.07, 6.45) is 0. The normalized spacial score (nSPS) is 33.0. The van der Waals surface area contributed by atoms with Crippen molar-refractivity contribution < 1.29 is 4.74 Å². The highest BCUT2D eigenvalue weighted by atomic mass is 16.5. The van der Waals surface area contributed by atoms with Crippen LogP contribution in [-0.2, 0) is 4.74 Å². The van der Waals surface area contributed by atoms with Gasteiger partial charge in [0, 0.05) is 12.6 Å². The molecule has 0 aromatic carbocycles. The van der Waals surface area contributed by atoms with E-state index in [2.05, 4.69) is 12.2 Å². The smallest absolute Gasteiger partial charge is 0.100 e. The summed E-state index contributed by atoms with van der Waals surface area (Å²) in [5.41, 5.74) is 0. The third-order valence-electron chi connectivity index (χ3n) is 0.987. The van der Waals surface area contributed by atoms with Crippen LogP contribution in [0.25, 0.3) is 0 Å². The van der Waals surface area contributed by atoms with Crippen LogP contribution in [-0.4, -0.2) is 19.2 Å². The lowest BCUT2D eigenvalue weighted by molar-refractivity contribution is 0.142. The van der Waals surface area contributed by atoms with Crippen LogP contribution in [0.15, 0.2) is 0 Å². The largest absolute Gasteiger partial charge is 0.373 e. The van der Waals surface area contributed by atoms with Gasteiger partial charge in [0.15, 0.2) is 0 Å². The third kappa shape index (κ3) is 1.45. The first-order valence-corrected chi connectivity index (χ1v) is 2.58. The molecule has 1 N–H and O–H groups in total. The molecule has 0 saturated carbocycles. The van der Waals surface area contributed by atoms with Crippen molar-refractivity contribution in [2.75, 3.05) is 13.2 Å². The molecule has 1 saturated heterocycles. The summed E-state index contributed by atoms with van der Waals surface area (Å²) < 4.78 is 4.99. The highest BCUT2D eigenvalue weighted by molar-refractivity contribution is 4.73. The lowest BCUT2D eigenvalue weighted by Gasteiger charge is -2.18. The van der Waals surface area contributed by atoms with E-state index in [0.717, 1.165) is 13.2 Å². The van der Waals surface area contributed by atoms with Gasteiger partial charge in [0.05, 0.1) is 6.61 Å². The van der Waals surface area contributed by atoms with Crippen molar-refractivity contribution in [1.82, 2.24) is 5.32 Å². The highest BCUT2D eigenvalue weighted by Crippen LogP contribution is 1.94. The Balaban J connectivity index is 2.12. The first kappa shape index (κ1) is 5.06. The van der Waals surface area contributed by atoms with Crippen molar-refractivity contribution in [3.05, 3.63) is 6.61 Å². The quantitative estimate of drug-likeness (QED) is 0.468. The van der Waals surface area contributed by atoms with E-state index in [0.29, 0.717) is 6.04 Å². The number of ether oxygens (including phenoxy) is 1. The van der Waals surface area contributed by atoms with E-state index in [1.807, 2.05) is 6.61 Å². The molecule has 1 aliphatic heterocycles. The van der Waals surface area contributed by atoms with Gasteiger partial charge in [-0.1, -0.05) is 0 Å². The minimum atomic E-state index is 0.439. The van der Waals surface area contributed by atoms with Gasteiger partial charge in [0.1, 0.15) is 6.61 Å². The van der Waals surface area contributed by atoms with E-state index >= 15 is 0 Å². The molecule has 0 amide bonds. The van der Waals surface area contributed by atoms with Gasteiger partial charge in [-0.2, -0.15) is 0 Å². The molecule has 1 heterocycles. The second-order valence-corrected chi connectivity index (χ2v) is 1.75. The molecule has 1 fully saturated rings. The Hall–Kier alpha value is -0.0800. The van der Waals surface area contributed by atoms with Gasteiger partial charge in [-0.25, -0.2) is 0 Å². The number of morpholine rings is 1.